The Hall–Kier alpha value is -4.33. The molecule has 3 nitrogen and oxygen atoms in total. The molecule has 6 rings (SSSR count). The molecule has 6 heteroatoms. The molecule has 0 N–H and O–H groups in total. The minimum absolute atomic E-state index is 0.0146. The predicted octanol–water partition coefficient (Wildman–Crippen LogP) is 9.28. The van der Waals surface area contributed by atoms with Crippen molar-refractivity contribution < 1.29 is 13.0 Å². The molecule has 0 aliphatic heterocycles. The average Bonchev–Trinajstić information content (AvgIpc) is 3.08. The van der Waals surface area contributed by atoms with Gasteiger partial charge in [0.05, 0.1) is 37.7 Å². The van der Waals surface area contributed by atoms with Crippen LogP contribution in [0.15, 0.2) is 224 Å². The van der Waals surface area contributed by atoms with E-state index in [0.29, 0.717) is 0 Å². The smallest absolute Gasteiger partial charge is 0.166 e. The third-order valence-electron chi connectivity index (χ3n) is 6.20. The minimum Gasteiger partial charge on any atom is -0.748 e. The molecule has 0 aliphatic rings. The molecule has 0 spiro atoms. The fourth-order valence-corrected chi connectivity index (χ4v) is 8.80. The van der Waals surface area contributed by atoms with Gasteiger partial charge in [-0.15, -0.1) is 6.58 Å². The van der Waals surface area contributed by atoms with Gasteiger partial charge in [0.15, 0.2) is 29.4 Å². The highest BCUT2D eigenvalue weighted by atomic mass is 32.2. The van der Waals surface area contributed by atoms with Crippen LogP contribution in [0.1, 0.15) is 0 Å². The lowest BCUT2D eigenvalue weighted by atomic mass is 10.4. The van der Waals surface area contributed by atoms with Crippen LogP contribution in [-0.2, 0) is 31.9 Å². The summed E-state index contributed by atoms with van der Waals surface area (Å²) in [6, 6.07) is 64.3. The summed E-state index contributed by atoms with van der Waals surface area (Å²) in [4.78, 5) is 8.17. The maximum absolute atomic E-state index is 9.60. The summed E-state index contributed by atoms with van der Waals surface area (Å²) in [6.07, 6.45) is 1.06. The highest BCUT2D eigenvalue weighted by Crippen LogP contribution is 2.31. The molecule has 0 radical (unpaired) electrons. The van der Waals surface area contributed by atoms with Gasteiger partial charge in [0.2, 0.25) is 0 Å². The average molecular weight is 648 g/mol. The van der Waals surface area contributed by atoms with Crippen LogP contribution in [0.2, 0.25) is 0 Å². The van der Waals surface area contributed by atoms with E-state index >= 15 is 0 Å². The summed E-state index contributed by atoms with van der Waals surface area (Å²) in [6.45, 7) is 3.07. The topological polar surface area (TPSA) is 57.2 Å². The summed E-state index contributed by atoms with van der Waals surface area (Å²) in [5.41, 5.74) is 0. The predicted molar refractivity (Wildman–Crippen MR) is 188 cm³/mol. The van der Waals surface area contributed by atoms with Gasteiger partial charge in [-0.1, -0.05) is 115 Å². The number of rotatable bonds is 8. The Kier molecular flexibility index (Phi) is 13.3. The zero-order chi connectivity index (χ0) is 31.7. The normalized spacial score (nSPS) is 10.6. The molecule has 0 saturated carbocycles. The van der Waals surface area contributed by atoms with Crippen molar-refractivity contribution in [2.75, 3.05) is 5.75 Å². The van der Waals surface area contributed by atoms with Crippen LogP contribution in [-0.4, -0.2) is 18.7 Å². The van der Waals surface area contributed by atoms with Crippen molar-refractivity contribution in [3.8, 4) is 0 Å². The molecule has 0 saturated heterocycles. The number of hydrogen-bond acceptors (Lipinski definition) is 3. The first kappa shape index (κ1) is 33.6. The Morgan fingerprint density at radius 3 is 0.711 bits per heavy atom. The molecule has 226 valence electrons. The quantitative estimate of drug-likeness (QED) is 0.0940. The van der Waals surface area contributed by atoms with Crippen molar-refractivity contribution in [3.63, 3.8) is 0 Å². The monoisotopic (exact) mass is 647 g/mol. The first-order valence-corrected chi connectivity index (χ1v) is 18.3. The van der Waals surface area contributed by atoms with Gasteiger partial charge in [-0.3, -0.25) is 0 Å². The Morgan fingerprint density at radius 2 is 0.600 bits per heavy atom. The molecule has 0 bridgehead atoms. The van der Waals surface area contributed by atoms with E-state index in [9.17, 15) is 13.0 Å². The van der Waals surface area contributed by atoms with Gasteiger partial charge >= 0.3 is 0 Å². The van der Waals surface area contributed by atoms with E-state index in [-0.39, 0.29) is 21.8 Å². The first-order chi connectivity index (χ1) is 22.0. The van der Waals surface area contributed by atoms with E-state index in [0.717, 1.165) is 6.08 Å². The zero-order valence-corrected chi connectivity index (χ0v) is 27.2. The molecule has 0 unspecified atom stereocenters. The van der Waals surface area contributed by atoms with Crippen LogP contribution in [0.4, 0.5) is 0 Å². The van der Waals surface area contributed by atoms with E-state index in [1.807, 2.05) is 0 Å². The third-order valence-corrected chi connectivity index (χ3v) is 11.3. The third kappa shape index (κ3) is 11.0. The maximum atomic E-state index is 9.60. The summed E-state index contributed by atoms with van der Waals surface area (Å²) < 4.78 is 28.8. The Balaban J connectivity index is 0.000000170. The largest absolute Gasteiger partial charge is 0.748 e. The van der Waals surface area contributed by atoms with Gasteiger partial charge in [0.1, 0.15) is 0 Å². The van der Waals surface area contributed by atoms with Crippen LogP contribution >= 0.6 is 0 Å². The summed E-state index contributed by atoms with van der Waals surface area (Å²) in [5.74, 6) is -0.479. The fraction of sp³-hybridized carbons (Fsp3) is 0.0256. The second-order valence-corrected chi connectivity index (χ2v) is 15.0. The van der Waals surface area contributed by atoms with E-state index in [2.05, 4.69) is 189 Å². The van der Waals surface area contributed by atoms with Gasteiger partial charge in [-0.25, -0.2) is 8.42 Å². The van der Waals surface area contributed by atoms with E-state index in [1.54, 1.807) is 0 Å². The van der Waals surface area contributed by atoms with Crippen LogP contribution in [0.5, 0.6) is 0 Å². The lowest BCUT2D eigenvalue weighted by Crippen LogP contribution is -2.04. The van der Waals surface area contributed by atoms with Crippen LogP contribution in [0, 0.1) is 0 Å². The lowest BCUT2D eigenvalue weighted by Gasteiger charge is -2.07. The van der Waals surface area contributed by atoms with E-state index in [4.69, 9.17) is 0 Å². The standard InChI is InChI=1S/2C18H15S.C3H6O3S/c2*1-4-10-16(11-5-1)19(17-12-6-2-7-13-17)18-14-8-3-9-15-18;1-2-3-7(4,5)6/h2*1-15H;2H,1,3H2,(H,4,5,6)/q2*+1;/p-1. The molecule has 6 aromatic rings. The van der Waals surface area contributed by atoms with Gasteiger partial charge in [-0.05, 0) is 72.8 Å². The van der Waals surface area contributed by atoms with E-state index in [1.165, 1.54) is 29.4 Å². The van der Waals surface area contributed by atoms with Gasteiger partial charge in [-0.2, -0.15) is 0 Å². The van der Waals surface area contributed by atoms with Crippen LogP contribution in [0.3, 0.4) is 0 Å². The van der Waals surface area contributed by atoms with Crippen molar-refractivity contribution in [2.45, 2.75) is 29.4 Å². The van der Waals surface area contributed by atoms with Gasteiger partial charge < -0.3 is 4.55 Å². The molecular formula is C39H35O3S3+. The summed E-state index contributed by atoms with van der Waals surface area (Å²) in [7, 11) is -4.07. The second kappa shape index (κ2) is 17.8. The van der Waals surface area contributed by atoms with Crippen LogP contribution in [0.25, 0.3) is 0 Å². The van der Waals surface area contributed by atoms with Crippen molar-refractivity contribution in [2.24, 2.45) is 0 Å². The number of hydrogen-bond donors (Lipinski definition) is 0. The molecular weight excluding hydrogens is 613 g/mol. The maximum Gasteiger partial charge on any atom is 0.166 e. The molecule has 0 heterocycles. The molecule has 45 heavy (non-hydrogen) atoms. The molecule has 6 aromatic carbocycles. The molecule has 0 aromatic heterocycles. The van der Waals surface area contributed by atoms with E-state index < -0.39 is 15.9 Å². The molecule has 0 aliphatic carbocycles. The zero-order valence-electron chi connectivity index (χ0n) is 24.8. The van der Waals surface area contributed by atoms with Gasteiger partial charge in [0, 0.05) is 0 Å². The Labute approximate surface area is 273 Å². The van der Waals surface area contributed by atoms with Crippen molar-refractivity contribution in [1.82, 2.24) is 0 Å². The molecule has 0 fully saturated rings. The highest BCUT2D eigenvalue weighted by Gasteiger charge is 2.28. The first-order valence-electron chi connectivity index (χ1n) is 14.3. The van der Waals surface area contributed by atoms with Crippen molar-refractivity contribution in [3.05, 3.63) is 195 Å². The molecule has 0 amide bonds. The summed E-state index contributed by atoms with van der Waals surface area (Å²) >= 11 is 0. The fourth-order valence-electron chi connectivity index (χ4n) is 4.30. The Bertz CT molecular complexity index is 1480. The Morgan fingerprint density at radius 1 is 0.422 bits per heavy atom. The minimum atomic E-state index is -4.04. The SMILES string of the molecule is C=CCS(=O)(=O)[O-].c1ccc([S+](c2ccccc2)c2ccccc2)cc1.c1ccc([S+](c2ccccc2)c2ccccc2)cc1. The second-order valence-electron chi connectivity index (χ2n) is 9.50. The summed E-state index contributed by atoms with van der Waals surface area (Å²) in [5, 5.41) is 0. The van der Waals surface area contributed by atoms with Gasteiger partial charge in [0.25, 0.3) is 0 Å². The molecule has 0 atom stereocenters. The van der Waals surface area contributed by atoms with Crippen molar-refractivity contribution in [1.29, 1.82) is 0 Å². The van der Waals surface area contributed by atoms with Crippen LogP contribution < -0.4 is 0 Å². The lowest BCUT2D eigenvalue weighted by molar-refractivity contribution is 0.466. The number of benzene rings is 6. The van der Waals surface area contributed by atoms with Crippen molar-refractivity contribution >= 4 is 31.9 Å². The highest BCUT2D eigenvalue weighted by molar-refractivity contribution is 7.97.